The molecule has 7 heteroatoms. The topological polar surface area (TPSA) is 64.2 Å². The van der Waals surface area contributed by atoms with E-state index in [0.717, 1.165) is 40.1 Å². The van der Waals surface area contributed by atoms with Crippen LogP contribution < -0.4 is 0 Å². The highest BCUT2D eigenvalue weighted by Gasteiger charge is 2.18. The van der Waals surface area contributed by atoms with Crippen LogP contribution in [-0.4, -0.2) is 26.6 Å². The lowest BCUT2D eigenvalue weighted by molar-refractivity contribution is 0.404. The highest BCUT2D eigenvalue weighted by atomic mass is 32.2. The molecule has 0 fully saturated rings. The summed E-state index contributed by atoms with van der Waals surface area (Å²) in [4.78, 5) is 9.84. The fourth-order valence-electron chi connectivity index (χ4n) is 4.98. The quantitative estimate of drug-likeness (QED) is 0.107. The molecule has 1 atom stereocenters. The molecule has 0 amide bonds. The molecular formula is C37H34N4OS2. The van der Waals surface area contributed by atoms with Crippen LogP contribution in [0.3, 0.4) is 0 Å². The number of nitrogens with zero attached hydrogens (tertiary/aromatic N) is 4. The van der Waals surface area contributed by atoms with Crippen LogP contribution in [0, 0.1) is 5.92 Å². The molecule has 2 heterocycles. The largest absolute Gasteiger partial charge is 0.415 e. The molecule has 0 N–H and O–H groups in total. The van der Waals surface area contributed by atoms with Crippen molar-refractivity contribution in [1.29, 1.82) is 0 Å². The Kier molecular flexibility index (Phi) is 9.44. The molecule has 2 aromatic heterocycles. The minimum absolute atomic E-state index is 0.00958. The monoisotopic (exact) mass is 614 g/mol. The van der Waals surface area contributed by atoms with Gasteiger partial charge < -0.3 is 4.42 Å². The number of aromatic nitrogens is 3. The van der Waals surface area contributed by atoms with Gasteiger partial charge in [0.15, 0.2) is 0 Å². The molecule has 6 aromatic rings. The van der Waals surface area contributed by atoms with Crippen LogP contribution in [0.15, 0.2) is 129 Å². The number of thiazole rings is 1. The van der Waals surface area contributed by atoms with E-state index in [1.54, 1.807) is 0 Å². The van der Waals surface area contributed by atoms with Crippen molar-refractivity contribution >= 4 is 33.9 Å². The molecule has 4 aromatic carbocycles. The summed E-state index contributed by atoms with van der Waals surface area (Å²) in [5, 5.41) is 12.1. The number of benzene rings is 4. The van der Waals surface area contributed by atoms with E-state index >= 15 is 0 Å². The molecule has 0 aliphatic heterocycles. The van der Waals surface area contributed by atoms with Crippen molar-refractivity contribution in [2.24, 2.45) is 10.9 Å². The zero-order valence-corrected chi connectivity index (χ0v) is 26.7. The van der Waals surface area contributed by atoms with Crippen molar-refractivity contribution < 1.29 is 4.42 Å². The highest BCUT2D eigenvalue weighted by Crippen LogP contribution is 2.30. The van der Waals surface area contributed by atoms with Gasteiger partial charge in [-0.15, -0.1) is 21.5 Å². The molecule has 0 saturated carbocycles. The lowest BCUT2D eigenvalue weighted by atomic mass is 9.97. The highest BCUT2D eigenvalue weighted by molar-refractivity contribution is 7.99. The van der Waals surface area contributed by atoms with Crippen LogP contribution in [0.2, 0.25) is 0 Å². The smallest absolute Gasteiger partial charge is 0.276 e. The molecule has 0 aliphatic rings. The van der Waals surface area contributed by atoms with Crippen molar-refractivity contribution in [2.75, 3.05) is 5.75 Å². The Labute approximate surface area is 267 Å². The van der Waals surface area contributed by atoms with Gasteiger partial charge in [0.1, 0.15) is 0 Å². The Hall–Kier alpha value is -4.33. The first-order valence-electron chi connectivity index (χ1n) is 14.8. The first-order chi connectivity index (χ1) is 21.5. The third-order valence-corrected chi connectivity index (χ3v) is 8.93. The summed E-state index contributed by atoms with van der Waals surface area (Å²) in [5.41, 5.74) is 8.79. The maximum absolute atomic E-state index is 6.14. The van der Waals surface area contributed by atoms with E-state index < -0.39 is 0 Å². The van der Waals surface area contributed by atoms with Crippen molar-refractivity contribution in [2.45, 2.75) is 38.3 Å². The van der Waals surface area contributed by atoms with Gasteiger partial charge in [0, 0.05) is 16.7 Å². The Bertz CT molecular complexity index is 1810. The van der Waals surface area contributed by atoms with Gasteiger partial charge in [-0.1, -0.05) is 135 Å². The van der Waals surface area contributed by atoms with Gasteiger partial charge in [0.25, 0.3) is 5.22 Å². The van der Waals surface area contributed by atoms with E-state index in [2.05, 4.69) is 121 Å². The van der Waals surface area contributed by atoms with Crippen LogP contribution in [0.5, 0.6) is 0 Å². The van der Waals surface area contributed by atoms with E-state index in [0.29, 0.717) is 27.9 Å². The third kappa shape index (κ3) is 7.41. The van der Waals surface area contributed by atoms with Crippen LogP contribution in [0.4, 0.5) is 5.13 Å². The fraction of sp³-hybridized carbons (Fsp3) is 0.189. The van der Waals surface area contributed by atoms with E-state index in [1.807, 2.05) is 24.3 Å². The Morgan fingerprint density at radius 3 is 2.11 bits per heavy atom. The van der Waals surface area contributed by atoms with Gasteiger partial charge in [0.05, 0.1) is 17.3 Å². The van der Waals surface area contributed by atoms with Crippen molar-refractivity contribution in [1.82, 2.24) is 15.2 Å². The fourth-order valence-corrected chi connectivity index (χ4v) is 6.43. The molecule has 0 radical (unpaired) electrons. The first-order valence-corrected chi connectivity index (χ1v) is 16.7. The predicted octanol–water partition coefficient (Wildman–Crippen LogP) is 10.1. The van der Waals surface area contributed by atoms with E-state index in [9.17, 15) is 0 Å². The SMILES string of the molecule is CC(C)Cc1ccc(C(C)c2nnc(SCC(=Nc3nc(-c4ccccc4)cs3)c3ccc(-c4ccccc4)cc3)o2)cc1. The van der Waals surface area contributed by atoms with Crippen molar-refractivity contribution in [3.05, 3.63) is 137 Å². The van der Waals surface area contributed by atoms with E-state index in [1.165, 1.54) is 34.2 Å². The Morgan fingerprint density at radius 1 is 0.773 bits per heavy atom. The second-order valence-electron chi connectivity index (χ2n) is 11.1. The first kappa shape index (κ1) is 29.7. The third-order valence-electron chi connectivity index (χ3n) is 7.37. The molecule has 0 saturated heterocycles. The molecule has 5 nitrogen and oxygen atoms in total. The van der Waals surface area contributed by atoms with Crippen LogP contribution in [0.25, 0.3) is 22.4 Å². The summed E-state index contributed by atoms with van der Waals surface area (Å²) in [6.07, 6.45) is 1.07. The van der Waals surface area contributed by atoms with E-state index in [4.69, 9.17) is 14.4 Å². The molecule has 0 spiro atoms. The summed E-state index contributed by atoms with van der Waals surface area (Å²) >= 11 is 3.03. The van der Waals surface area contributed by atoms with Gasteiger partial charge in [0.2, 0.25) is 11.0 Å². The second kappa shape index (κ2) is 14.0. The molecule has 0 bridgehead atoms. The van der Waals surface area contributed by atoms with Crippen molar-refractivity contribution in [3.63, 3.8) is 0 Å². The lowest BCUT2D eigenvalue weighted by Crippen LogP contribution is -2.04. The molecular weight excluding hydrogens is 581 g/mol. The van der Waals surface area contributed by atoms with Gasteiger partial charge >= 0.3 is 0 Å². The molecule has 6 rings (SSSR count). The zero-order chi connectivity index (χ0) is 30.3. The summed E-state index contributed by atoms with van der Waals surface area (Å²) < 4.78 is 6.14. The number of rotatable bonds is 11. The minimum atomic E-state index is 0.00958. The molecule has 44 heavy (non-hydrogen) atoms. The van der Waals surface area contributed by atoms with Gasteiger partial charge in [-0.05, 0) is 47.1 Å². The lowest BCUT2D eigenvalue weighted by Gasteiger charge is -2.10. The standard InChI is InChI=1S/C37H34N4OS2/c1-25(2)22-27-14-16-28(17-15-27)26(3)35-40-41-37(42-35)44-24-34(32-20-18-30(19-21-32)29-10-6-4-7-11-29)39-36-38-33(23-43-36)31-12-8-5-9-13-31/h4-21,23,25-26H,22,24H2,1-3H3. The van der Waals surface area contributed by atoms with Crippen molar-refractivity contribution in [3.8, 4) is 22.4 Å². The molecule has 1 unspecified atom stereocenters. The number of hydrogen-bond acceptors (Lipinski definition) is 7. The summed E-state index contributed by atoms with van der Waals surface area (Å²) in [6.45, 7) is 6.58. The average Bonchev–Trinajstić information content (AvgIpc) is 3.74. The number of hydrogen-bond donors (Lipinski definition) is 0. The van der Waals surface area contributed by atoms with Gasteiger partial charge in [-0.2, -0.15) is 0 Å². The number of thioether (sulfide) groups is 1. The Balaban J connectivity index is 1.22. The van der Waals surface area contributed by atoms with Crippen LogP contribution >= 0.6 is 23.1 Å². The summed E-state index contributed by atoms with van der Waals surface area (Å²) in [7, 11) is 0. The van der Waals surface area contributed by atoms with Crippen LogP contribution in [0.1, 0.15) is 49.3 Å². The number of aliphatic imine (C=N–C) groups is 1. The van der Waals surface area contributed by atoms with Crippen LogP contribution in [-0.2, 0) is 6.42 Å². The maximum Gasteiger partial charge on any atom is 0.276 e. The van der Waals surface area contributed by atoms with E-state index in [-0.39, 0.29) is 5.92 Å². The summed E-state index contributed by atoms with van der Waals surface area (Å²) in [6, 6.07) is 37.8. The van der Waals surface area contributed by atoms with Gasteiger partial charge in [-0.25, -0.2) is 9.98 Å². The molecule has 0 aliphatic carbocycles. The minimum Gasteiger partial charge on any atom is -0.415 e. The normalized spacial score (nSPS) is 12.5. The molecule has 220 valence electrons. The predicted molar refractivity (Wildman–Crippen MR) is 183 cm³/mol. The summed E-state index contributed by atoms with van der Waals surface area (Å²) in [5.74, 6) is 1.81. The Morgan fingerprint density at radius 2 is 1.43 bits per heavy atom. The average molecular weight is 615 g/mol. The maximum atomic E-state index is 6.14. The van der Waals surface area contributed by atoms with Gasteiger partial charge in [-0.3, -0.25) is 0 Å². The second-order valence-corrected chi connectivity index (χ2v) is 12.9. The zero-order valence-electron chi connectivity index (χ0n) is 25.1.